The van der Waals surface area contributed by atoms with Crippen molar-refractivity contribution in [2.24, 2.45) is 0 Å². The predicted octanol–water partition coefficient (Wildman–Crippen LogP) is 5.82. The predicted molar refractivity (Wildman–Crippen MR) is 125 cm³/mol. The lowest BCUT2D eigenvalue weighted by molar-refractivity contribution is 0.254. The first-order valence-corrected chi connectivity index (χ1v) is 10.3. The van der Waals surface area contributed by atoms with E-state index in [4.69, 9.17) is 4.74 Å². The zero-order valence-corrected chi connectivity index (χ0v) is 17.9. The largest absolute Gasteiger partial charge is 0.489 e. The molecule has 0 saturated heterocycles. The van der Waals surface area contributed by atoms with Crippen molar-refractivity contribution < 1.29 is 9.53 Å². The Morgan fingerprint density at radius 3 is 2.77 bits per heavy atom. The fourth-order valence-electron chi connectivity index (χ4n) is 3.40. The van der Waals surface area contributed by atoms with E-state index in [0.717, 1.165) is 39.3 Å². The number of carbonyl (C=O) groups is 1. The van der Waals surface area contributed by atoms with Crippen LogP contribution in [0.15, 0.2) is 73.1 Å². The first-order valence-electron chi connectivity index (χ1n) is 10.3. The van der Waals surface area contributed by atoms with Crippen molar-refractivity contribution in [2.45, 2.75) is 33.4 Å². The Kier molecular flexibility index (Phi) is 5.89. The Labute approximate surface area is 181 Å². The number of nitrogens with one attached hydrogen (secondary N) is 2. The second-order valence-electron chi connectivity index (χ2n) is 7.84. The van der Waals surface area contributed by atoms with E-state index in [1.54, 1.807) is 17.0 Å². The van der Waals surface area contributed by atoms with Crippen LogP contribution in [0, 0.1) is 6.92 Å². The van der Waals surface area contributed by atoms with Gasteiger partial charge in [0.1, 0.15) is 18.2 Å². The minimum atomic E-state index is -0.198. The minimum Gasteiger partial charge on any atom is -0.489 e. The number of anilines is 2. The van der Waals surface area contributed by atoms with Crippen LogP contribution in [0.25, 0.3) is 10.9 Å². The SMILES string of the molecule is Cc1cccc(NC(=O)n2ccc3cc(OCc4ccnc(NC(C)C)c4)ccc32)c1. The molecule has 4 rings (SSSR count). The molecule has 0 spiro atoms. The van der Waals surface area contributed by atoms with Gasteiger partial charge < -0.3 is 15.4 Å². The maximum atomic E-state index is 12.7. The van der Waals surface area contributed by atoms with E-state index >= 15 is 0 Å². The molecule has 2 N–H and O–H groups in total. The topological polar surface area (TPSA) is 68.2 Å². The zero-order valence-electron chi connectivity index (χ0n) is 17.9. The molecule has 0 aliphatic heterocycles. The third-order valence-corrected chi connectivity index (χ3v) is 4.82. The Morgan fingerprint density at radius 1 is 1.10 bits per heavy atom. The normalized spacial score (nSPS) is 11.0. The molecule has 6 nitrogen and oxygen atoms in total. The first kappa shape index (κ1) is 20.5. The van der Waals surface area contributed by atoms with Crippen LogP contribution < -0.4 is 15.4 Å². The summed E-state index contributed by atoms with van der Waals surface area (Å²) in [5.41, 5.74) is 3.73. The van der Waals surface area contributed by atoms with Gasteiger partial charge in [-0.05, 0) is 80.4 Å². The fraction of sp³-hybridized carbons (Fsp3) is 0.200. The molecular weight excluding hydrogens is 388 g/mol. The zero-order chi connectivity index (χ0) is 21.8. The van der Waals surface area contributed by atoms with Gasteiger partial charge in [-0.1, -0.05) is 12.1 Å². The number of hydrogen-bond donors (Lipinski definition) is 2. The van der Waals surface area contributed by atoms with Crippen molar-refractivity contribution in [1.29, 1.82) is 0 Å². The maximum absolute atomic E-state index is 12.7. The lowest BCUT2D eigenvalue weighted by atomic mass is 10.2. The van der Waals surface area contributed by atoms with Gasteiger partial charge in [-0.15, -0.1) is 0 Å². The highest BCUT2D eigenvalue weighted by molar-refractivity contribution is 5.98. The number of amides is 1. The summed E-state index contributed by atoms with van der Waals surface area (Å²) in [5, 5.41) is 7.17. The Hall–Kier alpha value is -3.80. The lowest BCUT2D eigenvalue weighted by Crippen LogP contribution is -2.18. The molecule has 0 aliphatic rings. The monoisotopic (exact) mass is 414 g/mol. The van der Waals surface area contributed by atoms with Gasteiger partial charge in [-0.25, -0.2) is 9.78 Å². The van der Waals surface area contributed by atoms with E-state index in [-0.39, 0.29) is 6.03 Å². The van der Waals surface area contributed by atoms with Crippen molar-refractivity contribution in [2.75, 3.05) is 10.6 Å². The van der Waals surface area contributed by atoms with Crippen molar-refractivity contribution in [1.82, 2.24) is 9.55 Å². The molecule has 4 aromatic rings. The van der Waals surface area contributed by atoms with Crippen LogP contribution in [-0.2, 0) is 6.61 Å². The van der Waals surface area contributed by atoms with Gasteiger partial charge >= 0.3 is 6.03 Å². The standard InChI is InChI=1S/C25H26N4O2/c1-17(2)27-24-14-19(9-11-26-24)16-31-22-7-8-23-20(15-22)10-12-29(23)25(30)28-21-6-4-5-18(3)13-21/h4-15,17H,16H2,1-3H3,(H,26,27)(H,28,30). The van der Waals surface area contributed by atoms with Crippen LogP contribution in [0.5, 0.6) is 5.75 Å². The molecule has 0 aliphatic carbocycles. The molecule has 158 valence electrons. The summed E-state index contributed by atoms with van der Waals surface area (Å²) < 4.78 is 7.58. The van der Waals surface area contributed by atoms with Crippen LogP contribution in [0.2, 0.25) is 0 Å². The van der Waals surface area contributed by atoms with Gasteiger partial charge in [0.25, 0.3) is 0 Å². The average molecular weight is 415 g/mol. The quantitative estimate of drug-likeness (QED) is 0.417. The van der Waals surface area contributed by atoms with Crippen molar-refractivity contribution >= 4 is 28.4 Å². The number of rotatable bonds is 6. The van der Waals surface area contributed by atoms with E-state index in [1.807, 2.05) is 67.6 Å². The summed E-state index contributed by atoms with van der Waals surface area (Å²) in [4.78, 5) is 17.0. The summed E-state index contributed by atoms with van der Waals surface area (Å²) in [6.07, 6.45) is 3.55. The van der Waals surface area contributed by atoms with E-state index in [0.29, 0.717) is 12.6 Å². The molecule has 0 bridgehead atoms. The van der Waals surface area contributed by atoms with Crippen LogP contribution in [0.3, 0.4) is 0 Å². The minimum absolute atomic E-state index is 0.198. The number of fused-ring (bicyclic) bond motifs is 1. The summed E-state index contributed by atoms with van der Waals surface area (Å²) in [7, 11) is 0. The molecule has 0 saturated carbocycles. The number of pyridine rings is 1. The number of ether oxygens (including phenoxy) is 1. The van der Waals surface area contributed by atoms with E-state index in [2.05, 4.69) is 29.5 Å². The third kappa shape index (κ3) is 5.04. The smallest absolute Gasteiger partial charge is 0.330 e. The van der Waals surface area contributed by atoms with Gasteiger partial charge in [0.2, 0.25) is 0 Å². The van der Waals surface area contributed by atoms with Gasteiger partial charge in [-0.3, -0.25) is 4.57 Å². The maximum Gasteiger partial charge on any atom is 0.330 e. The highest BCUT2D eigenvalue weighted by Gasteiger charge is 2.10. The van der Waals surface area contributed by atoms with Crippen molar-refractivity contribution in [3.63, 3.8) is 0 Å². The van der Waals surface area contributed by atoms with Crippen LogP contribution in [-0.4, -0.2) is 21.6 Å². The number of nitrogens with zero attached hydrogens (tertiary/aromatic N) is 2. The number of hydrogen-bond acceptors (Lipinski definition) is 4. The molecular formula is C25H26N4O2. The molecule has 2 aromatic carbocycles. The third-order valence-electron chi connectivity index (χ3n) is 4.82. The number of carbonyl (C=O) groups excluding carboxylic acids is 1. The van der Waals surface area contributed by atoms with Gasteiger partial charge in [0.05, 0.1) is 5.52 Å². The number of aromatic nitrogens is 2. The van der Waals surface area contributed by atoms with Crippen LogP contribution in [0.4, 0.5) is 16.3 Å². The van der Waals surface area contributed by atoms with E-state index < -0.39 is 0 Å². The summed E-state index contributed by atoms with van der Waals surface area (Å²) in [5.74, 6) is 1.59. The highest BCUT2D eigenvalue weighted by Crippen LogP contribution is 2.23. The van der Waals surface area contributed by atoms with Crippen LogP contribution in [0.1, 0.15) is 25.0 Å². The number of aryl methyl sites for hydroxylation is 1. The van der Waals surface area contributed by atoms with E-state index in [9.17, 15) is 4.79 Å². The van der Waals surface area contributed by atoms with E-state index in [1.165, 1.54) is 0 Å². The summed E-state index contributed by atoms with van der Waals surface area (Å²) >= 11 is 0. The molecule has 0 unspecified atom stereocenters. The molecule has 0 fully saturated rings. The lowest BCUT2D eigenvalue weighted by Gasteiger charge is -2.11. The Morgan fingerprint density at radius 2 is 1.97 bits per heavy atom. The van der Waals surface area contributed by atoms with Gasteiger partial charge in [0.15, 0.2) is 0 Å². The Balaban J connectivity index is 1.45. The highest BCUT2D eigenvalue weighted by atomic mass is 16.5. The second kappa shape index (κ2) is 8.92. The van der Waals surface area contributed by atoms with Gasteiger partial charge in [-0.2, -0.15) is 0 Å². The molecule has 31 heavy (non-hydrogen) atoms. The number of benzene rings is 2. The molecule has 0 atom stereocenters. The molecule has 2 aromatic heterocycles. The Bertz CT molecular complexity index is 1210. The molecule has 6 heteroatoms. The average Bonchev–Trinajstić information content (AvgIpc) is 3.15. The summed E-state index contributed by atoms with van der Waals surface area (Å²) in [6, 6.07) is 19.4. The molecule has 2 heterocycles. The van der Waals surface area contributed by atoms with Crippen molar-refractivity contribution in [3.05, 3.63) is 84.2 Å². The van der Waals surface area contributed by atoms with Crippen molar-refractivity contribution in [3.8, 4) is 5.75 Å². The second-order valence-corrected chi connectivity index (χ2v) is 7.84. The summed E-state index contributed by atoms with van der Waals surface area (Å²) in [6.45, 7) is 6.59. The first-order chi connectivity index (χ1) is 15.0. The van der Waals surface area contributed by atoms with Crippen LogP contribution >= 0.6 is 0 Å². The van der Waals surface area contributed by atoms with Gasteiger partial charge in [0, 0.05) is 29.5 Å². The molecule has 0 radical (unpaired) electrons. The fourth-order valence-corrected chi connectivity index (χ4v) is 3.40. The molecule has 1 amide bonds.